The number of esters is 2. The van der Waals surface area contributed by atoms with Gasteiger partial charge in [0, 0.05) is 21.9 Å². The lowest BCUT2D eigenvalue weighted by molar-refractivity contribution is -0.163. The van der Waals surface area contributed by atoms with Crippen molar-refractivity contribution in [2.24, 2.45) is 22.9 Å². The van der Waals surface area contributed by atoms with Crippen LogP contribution in [0.2, 0.25) is 5.02 Å². The second kappa shape index (κ2) is 24.4. The normalized spacial score (nSPS) is 13.3. The predicted octanol–water partition coefficient (Wildman–Crippen LogP) is 2.65. The van der Waals surface area contributed by atoms with E-state index in [1.54, 1.807) is 48.5 Å². The molecule has 0 radical (unpaired) electrons. The zero-order valence-electron chi connectivity index (χ0n) is 34.7. The Labute approximate surface area is 373 Å². The summed E-state index contributed by atoms with van der Waals surface area (Å²) in [4.78, 5) is 59.9. The van der Waals surface area contributed by atoms with Crippen molar-refractivity contribution in [2.75, 3.05) is 32.0 Å². The largest absolute Gasteiger partial charge is 0.490 e. The SMILES string of the molecule is C[C@H](NC(=O)[C@@H](N)CCCN)C(=O)OCC(COc1ccc(-c2c(C#N)c(N)nc(SCc3coc(-c4ccc(Cl)cc4)n3)c2C#N)cc1)OC(=O)[C@H](C)NC(=O)[C@@H](N)CCCN. The molecule has 0 saturated carbocycles. The van der Waals surface area contributed by atoms with Crippen LogP contribution in [0.3, 0.4) is 0 Å². The Bertz CT molecular complexity index is 2280. The monoisotopic (exact) mass is 903 g/mol. The van der Waals surface area contributed by atoms with Gasteiger partial charge in [-0.05, 0) is 94.6 Å². The molecule has 19 nitrogen and oxygen atoms in total. The minimum absolute atomic E-state index is 0.00525. The zero-order chi connectivity index (χ0) is 46.1. The number of thioether (sulfide) groups is 1. The number of nitrogens with zero attached hydrogens (tertiary/aromatic N) is 4. The standard InChI is InChI=1S/C42H50ClN11O8S/c1-23(51-37(55)33(48)5-3-15-44)41(57)61-21-30(62-42(58)24(2)52-38(56)34(49)6-4-16-45)20-59-29-13-9-25(10-14-29)35-31(17-46)36(50)54-40(32(35)18-47)63-22-28-19-60-39(53-28)26-7-11-27(43)12-8-26/h7-14,19,23-24,30,33-34H,3-6,15-16,20-22,44-45,48-49H2,1-2H3,(H2,50,54)(H,51,55)(H,52,56)/t23-,24-,30?,33-,34-/m0/s1. The number of carbonyl (C=O) groups excluding carboxylic acids is 4. The van der Waals surface area contributed by atoms with E-state index >= 15 is 0 Å². The first-order valence-electron chi connectivity index (χ1n) is 19.8. The molecule has 1 unspecified atom stereocenters. The van der Waals surface area contributed by atoms with Gasteiger partial charge >= 0.3 is 11.9 Å². The maximum Gasteiger partial charge on any atom is 0.328 e. The Morgan fingerprint density at radius 2 is 1.40 bits per heavy atom. The Hall–Kier alpha value is -6.26. The summed E-state index contributed by atoms with van der Waals surface area (Å²) in [5.41, 5.74) is 31.1. The highest BCUT2D eigenvalue weighted by atomic mass is 35.5. The van der Waals surface area contributed by atoms with E-state index in [9.17, 15) is 29.7 Å². The second-order valence-corrected chi connectivity index (χ2v) is 15.6. The maximum atomic E-state index is 13.1. The molecule has 2 amide bonds. The Morgan fingerprint density at radius 1 is 0.825 bits per heavy atom. The molecule has 4 aromatic rings. The van der Waals surface area contributed by atoms with Gasteiger partial charge in [-0.1, -0.05) is 35.5 Å². The van der Waals surface area contributed by atoms with E-state index in [-0.39, 0.29) is 45.6 Å². The number of carbonyl (C=O) groups is 4. The molecule has 2 aromatic carbocycles. The lowest BCUT2D eigenvalue weighted by atomic mass is 9.97. The molecule has 2 heterocycles. The maximum absolute atomic E-state index is 13.1. The van der Waals surface area contributed by atoms with Crippen LogP contribution in [-0.2, 0) is 34.4 Å². The lowest BCUT2D eigenvalue weighted by Gasteiger charge is -2.23. The van der Waals surface area contributed by atoms with E-state index in [1.807, 2.05) is 6.07 Å². The summed E-state index contributed by atoms with van der Waals surface area (Å²) in [7, 11) is 0. The number of oxazole rings is 1. The third-order valence-electron chi connectivity index (χ3n) is 9.23. The van der Waals surface area contributed by atoms with Crippen LogP contribution in [0.5, 0.6) is 5.75 Å². The first-order valence-corrected chi connectivity index (χ1v) is 21.1. The highest BCUT2D eigenvalue weighted by molar-refractivity contribution is 7.98. The number of anilines is 1. The molecule has 5 atom stereocenters. The molecule has 0 spiro atoms. The molecule has 21 heteroatoms. The number of pyridine rings is 1. The first-order chi connectivity index (χ1) is 30.2. The van der Waals surface area contributed by atoms with Crippen LogP contribution >= 0.6 is 23.4 Å². The van der Waals surface area contributed by atoms with E-state index in [4.69, 9.17) is 58.9 Å². The Balaban J connectivity index is 1.49. The third-order valence-corrected chi connectivity index (χ3v) is 10.5. The number of benzene rings is 2. The number of amides is 2. The van der Waals surface area contributed by atoms with Gasteiger partial charge in [0.25, 0.3) is 0 Å². The average Bonchev–Trinajstić information content (AvgIpc) is 3.76. The number of halogens is 1. The summed E-state index contributed by atoms with van der Waals surface area (Å²) < 4.78 is 22.6. The van der Waals surface area contributed by atoms with E-state index in [0.29, 0.717) is 60.9 Å². The number of nitrogen functional groups attached to an aromatic ring is 1. The number of nitrogens with two attached hydrogens (primary N) is 5. The van der Waals surface area contributed by atoms with Crippen molar-refractivity contribution >= 4 is 52.9 Å². The second-order valence-electron chi connectivity index (χ2n) is 14.2. The van der Waals surface area contributed by atoms with E-state index < -0.39 is 60.6 Å². The number of ether oxygens (including phenoxy) is 3. The number of aromatic nitrogens is 2. The molecule has 0 aliphatic heterocycles. The molecule has 2 aromatic heterocycles. The molecule has 0 saturated heterocycles. The fourth-order valence-electron chi connectivity index (χ4n) is 5.72. The summed E-state index contributed by atoms with van der Waals surface area (Å²) in [6.07, 6.45) is 1.94. The van der Waals surface area contributed by atoms with Gasteiger partial charge in [0.1, 0.15) is 65.9 Å². The zero-order valence-corrected chi connectivity index (χ0v) is 36.2. The minimum atomic E-state index is -1.21. The van der Waals surface area contributed by atoms with Crippen LogP contribution in [0.25, 0.3) is 22.6 Å². The minimum Gasteiger partial charge on any atom is -0.490 e. The number of nitrogens with one attached hydrogen (secondary N) is 2. The number of rotatable bonds is 23. The Kier molecular flexibility index (Phi) is 19.1. The van der Waals surface area contributed by atoms with Gasteiger partial charge in [-0.15, -0.1) is 0 Å². The fraction of sp³-hybridized carbons (Fsp3) is 0.381. The van der Waals surface area contributed by atoms with Crippen LogP contribution in [0.1, 0.15) is 56.4 Å². The number of hydrogen-bond donors (Lipinski definition) is 7. The van der Waals surface area contributed by atoms with Crippen LogP contribution in [-0.4, -0.2) is 90.3 Å². The molecular weight excluding hydrogens is 854 g/mol. The number of nitriles is 2. The van der Waals surface area contributed by atoms with Crippen molar-refractivity contribution in [3.8, 4) is 40.5 Å². The van der Waals surface area contributed by atoms with Gasteiger partial charge < -0.3 is 57.9 Å². The molecular formula is C42H50ClN11O8S. The molecule has 0 aliphatic rings. The summed E-state index contributed by atoms with van der Waals surface area (Å²) >= 11 is 7.19. The van der Waals surface area contributed by atoms with E-state index in [0.717, 1.165) is 5.56 Å². The van der Waals surface area contributed by atoms with Gasteiger partial charge in [0.05, 0.1) is 23.3 Å². The molecule has 4 rings (SSSR count). The summed E-state index contributed by atoms with van der Waals surface area (Å²) in [6.45, 7) is 2.66. The van der Waals surface area contributed by atoms with Gasteiger partial charge in [-0.3, -0.25) is 9.59 Å². The lowest BCUT2D eigenvalue weighted by Crippen LogP contribution is -2.49. The molecule has 0 bridgehead atoms. The highest BCUT2D eigenvalue weighted by Crippen LogP contribution is 2.37. The van der Waals surface area contributed by atoms with Crippen molar-refractivity contribution < 1.29 is 37.8 Å². The third kappa shape index (κ3) is 14.4. The van der Waals surface area contributed by atoms with Crippen LogP contribution in [0.15, 0.2) is 64.2 Å². The predicted molar refractivity (Wildman–Crippen MR) is 234 cm³/mol. The van der Waals surface area contributed by atoms with Crippen LogP contribution < -0.4 is 44.0 Å². The molecule has 63 heavy (non-hydrogen) atoms. The summed E-state index contributed by atoms with van der Waals surface area (Å²) in [5.74, 6) is -2.03. The van der Waals surface area contributed by atoms with E-state index in [1.165, 1.54) is 31.9 Å². The number of hydrogen-bond acceptors (Lipinski definition) is 18. The first kappa shape index (κ1) is 49.4. The quantitative estimate of drug-likeness (QED) is 0.0415. The van der Waals surface area contributed by atoms with Crippen LogP contribution in [0, 0.1) is 22.7 Å². The van der Waals surface area contributed by atoms with Gasteiger partial charge in [0.15, 0.2) is 6.10 Å². The fourth-order valence-corrected chi connectivity index (χ4v) is 6.72. The van der Waals surface area contributed by atoms with Crippen molar-refractivity contribution in [3.63, 3.8) is 0 Å². The highest BCUT2D eigenvalue weighted by Gasteiger charge is 2.28. The molecule has 334 valence electrons. The van der Waals surface area contributed by atoms with Crippen LogP contribution in [0.4, 0.5) is 5.82 Å². The van der Waals surface area contributed by atoms with Crippen molar-refractivity contribution in [2.45, 2.75) is 80.6 Å². The van der Waals surface area contributed by atoms with Crippen molar-refractivity contribution in [3.05, 3.63) is 76.6 Å². The molecule has 12 N–H and O–H groups in total. The summed E-state index contributed by atoms with van der Waals surface area (Å²) in [6, 6.07) is 13.5. The van der Waals surface area contributed by atoms with Gasteiger partial charge in [0.2, 0.25) is 17.7 Å². The topological polar surface area (TPSA) is 337 Å². The van der Waals surface area contributed by atoms with Crippen molar-refractivity contribution in [1.82, 2.24) is 20.6 Å². The van der Waals surface area contributed by atoms with Crippen molar-refractivity contribution in [1.29, 1.82) is 10.5 Å². The van der Waals surface area contributed by atoms with Gasteiger partial charge in [-0.25, -0.2) is 19.6 Å². The van der Waals surface area contributed by atoms with E-state index in [2.05, 4.69) is 26.7 Å². The Morgan fingerprint density at radius 3 is 1.97 bits per heavy atom. The molecule has 0 aliphatic carbocycles. The summed E-state index contributed by atoms with van der Waals surface area (Å²) in [5, 5.41) is 26.2. The van der Waals surface area contributed by atoms with Gasteiger partial charge in [-0.2, -0.15) is 10.5 Å². The average molecular weight is 904 g/mol. The molecule has 0 fully saturated rings. The smallest absolute Gasteiger partial charge is 0.328 e.